The summed E-state index contributed by atoms with van der Waals surface area (Å²) in [6.45, 7) is 0. The molecule has 5 nitrogen and oxygen atoms in total. The number of carbonyl (C=O) groups is 1. The second-order valence-electron chi connectivity index (χ2n) is 3.97. The van der Waals surface area contributed by atoms with E-state index in [0.717, 1.165) is 11.1 Å². The van der Waals surface area contributed by atoms with E-state index in [2.05, 4.69) is 15.5 Å². The molecule has 5 heteroatoms. The number of rotatable bonds is 3. The topological polar surface area (TPSA) is 70.9 Å². The van der Waals surface area contributed by atoms with Crippen molar-refractivity contribution in [2.75, 3.05) is 5.32 Å². The molecule has 0 spiro atoms. The van der Waals surface area contributed by atoms with Gasteiger partial charge >= 0.3 is 0 Å². The fraction of sp³-hybridized carbons (Fsp3) is 0. The SMILES string of the molecule is O=C(Nc1cn[nH]c1)c1occc1-c1ccccc1. The van der Waals surface area contributed by atoms with Gasteiger partial charge in [-0.05, 0) is 11.6 Å². The molecule has 1 amide bonds. The van der Waals surface area contributed by atoms with Gasteiger partial charge in [-0.2, -0.15) is 5.10 Å². The first-order chi connectivity index (χ1) is 9.34. The maximum atomic E-state index is 12.1. The normalized spacial score (nSPS) is 10.3. The zero-order valence-corrected chi connectivity index (χ0v) is 9.96. The quantitative estimate of drug-likeness (QED) is 0.753. The second kappa shape index (κ2) is 4.81. The first-order valence-electron chi connectivity index (χ1n) is 5.77. The molecule has 3 aromatic rings. The molecule has 0 aliphatic heterocycles. The fourth-order valence-corrected chi connectivity index (χ4v) is 1.84. The lowest BCUT2D eigenvalue weighted by Crippen LogP contribution is -2.11. The van der Waals surface area contributed by atoms with Gasteiger partial charge in [0.2, 0.25) is 0 Å². The highest BCUT2D eigenvalue weighted by Crippen LogP contribution is 2.25. The van der Waals surface area contributed by atoms with Gasteiger partial charge in [-0.15, -0.1) is 0 Å². The van der Waals surface area contributed by atoms with E-state index >= 15 is 0 Å². The van der Waals surface area contributed by atoms with E-state index in [9.17, 15) is 4.79 Å². The van der Waals surface area contributed by atoms with Crippen molar-refractivity contribution in [3.8, 4) is 11.1 Å². The Bertz CT molecular complexity index is 672. The van der Waals surface area contributed by atoms with Gasteiger partial charge in [-0.3, -0.25) is 9.89 Å². The highest BCUT2D eigenvalue weighted by molar-refractivity contribution is 6.06. The van der Waals surface area contributed by atoms with Crippen LogP contribution in [0.2, 0.25) is 0 Å². The van der Waals surface area contributed by atoms with E-state index in [1.54, 1.807) is 12.3 Å². The number of aromatic nitrogens is 2. The van der Waals surface area contributed by atoms with Crippen LogP contribution in [0.3, 0.4) is 0 Å². The van der Waals surface area contributed by atoms with Crippen molar-refractivity contribution < 1.29 is 9.21 Å². The number of amides is 1. The molecule has 1 aromatic carbocycles. The van der Waals surface area contributed by atoms with Crippen LogP contribution in [0.25, 0.3) is 11.1 Å². The van der Waals surface area contributed by atoms with E-state index in [0.29, 0.717) is 5.69 Å². The van der Waals surface area contributed by atoms with Crippen LogP contribution in [0.15, 0.2) is 59.5 Å². The lowest BCUT2D eigenvalue weighted by atomic mass is 10.1. The number of aromatic amines is 1. The Morgan fingerprint density at radius 2 is 2.05 bits per heavy atom. The van der Waals surface area contributed by atoms with Crippen LogP contribution in [0, 0.1) is 0 Å². The van der Waals surface area contributed by atoms with E-state index in [1.165, 1.54) is 12.5 Å². The number of nitrogens with one attached hydrogen (secondary N) is 2. The average molecular weight is 253 g/mol. The fourth-order valence-electron chi connectivity index (χ4n) is 1.84. The Balaban J connectivity index is 1.90. The van der Waals surface area contributed by atoms with Gasteiger partial charge in [-0.1, -0.05) is 30.3 Å². The van der Waals surface area contributed by atoms with Gasteiger partial charge in [-0.25, -0.2) is 0 Å². The Kier molecular flexibility index (Phi) is 2.86. The molecule has 0 radical (unpaired) electrons. The third kappa shape index (κ3) is 2.26. The van der Waals surface area contributed by atoms with Crippen molar-refractivity contribution in [3.63, 3.8) is 0 Å². The molecule has 3 rings (SSSR count). The molecule has 2 aromatic heterocycles. The Labute approximate surface area is 109 Å². The third-order valence-corrected chi connectivity index (χ3v) is 2.71. The zero-order valence-electron chi connectivity index (χ0n) is 9.96. The number of anilines is 1. The predicted octanol–water partition coefficient (Wildman–Crippen LogP) is 2.92. The number of nitrogens with zero attached hydrogens (tertiary/aromatic N) is 1. The molecular formula is C14H11N3O2. The number of furan rings is 1. The van der Waals surface area contributed by atoms with Gasteiger partial charge in [0.05, 0.1) is 18.1 Å². The van der Waals surface area contributed by atoms with Gasteiger partial charge in [0.1, 0.15) is 0 Å². The summed E-state index contributed by atoms with van der Waals surface area (Å²) >= 11 is 0. The maximum absolute atomic E-state index is 12.1. The van der Waals surface area contributed by atoms with Crippen molar-refractivity contribution in [1.82, 2.24) is 10.2 Å². The van der Waals surface area contributed by atoms with Crippen LogP contribution in [-0.4, -0.2) is 16.1 Å². The number of carbonyl (C=O) groups excluding carboxylic acids is 1. The van der Waals surface area contributed by atoms with Crippen LogP contribution < -0.4 is 5.32 Å². The molecule has 0 unspecified atom stereocenters. The molecule has 0 aliphatic carbocycles. The average Bonchev–Trinajstić information content (AvgIpc) is 3.10. The van der Waals surface area contributed by atoms with Crippen molar-refractivity contribution in [3.05, 3.63) is 60.8 Å². The lowest BCUT2D eigenvalue weighted by Gasteiger charge is -2.03. The zero-order chi connectivity index (χ0) is 13.1. The van der Waals surface area contributed by atoms with Gasteiger partial charge < -0.3 is 9.73 Å². The molecule has 0 saturated carbocycles. The van der Waals surface area contributed by atoms with Crippen molar-refractivity contribution >= 4 is 11.6 Å². The Morgan fingerprint density at radius 3 is 2.79 bits per heavy atom. The van der Waals surface area contributed by atoms with Crippen LogP contribution in [0.1, 0.15) is 10.6 Å². The molecule has 0 fully saturated rings. The van der Waals surface area contributed by atoms with E-state index in [-0.39, 0.29) is 11.7 Å². The molecular weight excluding hydrogens is 242 g/mol. The van der Waals surface area contributed by atoms with Crippen molar-refractivity contribution in [2.24, 2.45) is 0 Å². The smallest absolute Gasteiger partial charge is 0.292 e. The van der Waals surface area contributed by atoms with Crippen molar-refractivity contribution in [2.45, 2.75) is 0 Å². The molecule has 0 atom stereocenters. The van der Waals surface area contributed by atoms with Crippen LogP contribution in [0.4, 0.5) is 5.69 Å². The van der Waals surface area contributed by atoms with Crippen LogP contribution >= 0.6 is 0 Å². The van der Waals surface area contributed by atoms with Crippen LogP contribution in [-0.2, 0) is 0 Å². The summed E-state index contributed by atoms with van der Waals surface area (Å²) in [7, 11) is 0. The molecule has 2 heterocycles. The summed E-state index contributed by atoms with van der Waals surface area (Å²) in [4.78, 5) is 12.1. The van der Waals surface area contributed by atoms with Gasteiger partial charge in [0, 0.05) is 11.8 Å². The highest BCUT2D eigenvalue weighted by atomic mass is 16.3. The maximum Gasteiger partial charge on any atom is 0.292 e. The summed E-state index contributed by atoms with van der Waals surface area (Å²) in [5.74, 6) is -0.0161. The van der Waals surface area contributed by atoms with Gasteiger partial charge in [0.25, 0.3) is 5.91 Å². The summed E-state index contributed by atoms with van der Waals surface area (Å²) in [5, 5.41) is 9.11. The number of benzene rings is 1. The standard InChI is InChI=1S/C14H11N3O2/c18-14(17-11-8-15-16-9-11)13-12(6-7-19-13)10-4-2-1-3-5-10/h1-9H,(H,15,16)(H,17,18). The van der Waals surface area contributed by atoms with E-state index in [4.69, 9.17) is 4.42 Å². The monoisotopic (exact) mass is 253 g/mol. The highest BCUT2D eigenvalue weighted by Gasteiger charge is 2.16. The summed E-state index contributed by atoms with van der Waals surface area (Å²) in [5.41, 5.74) is 2.30. The summed E-state index contributed by atoms with van der Waals surface area (Å²) in [6, 6.07) is 11.4. The summed E-state index contributed by atoms with van der Waals surface area (Å²) < 4.78 is 5.29. The van der Waals surface area contributed by atoms with Crippen LogP contribution in [0.5, 0.6) is 0 Å². The molecule has 0 aliphatic rings. The van der Waals surface area contributed by atoms with Gasteiger partial charge in [0.15, 0.2) is 5.76 Å². The first-order valence-corrected chi connectivity index (χ1v) is 5.77. The Hall–Kier alpha value is -2.82. The molecule has 19 heavy (non-hydrogen) atoms. The van der Waals surface area contributed by atoms with Crippen molar-refractivity contribution in [1.29, 1.82) is 0 Å². The predicted molar refractivity (Wildman–Crippen MR) is 70.7 cm³/mol. The Morgan fingerprint density at radius 1 is 1.21 bits per heavy atom. The minimum absolute atomic E-state index is 0.285. The minimum atomic E-state index is -0.301. The molecule has 0 bridgehead atoms. The number of hydrogen-bond donors (Lipinski definition) is 2. The van der Waals surface area contributed by atoms with E-state index < -0.39 is 0 Å². The summed E-state index contributed by atoms with van der Waals surface area (Å²) in [6.07, 6.45) is 4.64. The molecule has 94 valence electrons. The minimum Gasteiger partial charge on any atom is -0.459 e. The largest absolute Gasteiger partial charge is 0.459 e. The second-order valence-corrected chi connectivity index (χ2v) is 3.97. The molecule has 0 saturated heterocycles. The third-order valence-electron chi connectivity index (χ3n) is 2.71. The molecule has 2 N–H and O–H groups in total. The van der Waals surface area contributed by atoms with E-state index in [1.807, 2.05) is 30.3 Å². The lowest BCUT2D eigenvalue weighted by molar-refractivity contribution is 0.0997. The number of H-pyrrole nitrogens is 1. The first kappa shape index (κ1) is 11.3. The number of hydrogen-bond acceptors (Lipinski definition) is 3.